The molecule has 0 fully saturated rings. The van der Waals surface area contributed by atoms with Crippen molar-refractivity contribution in [2.24, 2.45) is 0 Å². The van der Waals surface area contributed by atoms with Crippen LogP contribution in [-0.2, 0) is 5.41 Å². The van der Waals surface area contributed by atoms with Crippen LogP contribution in [-0.4, -0.2) is 27.6 Å². The number of furan rings is 1. The summed E-state index contributed by atoms with van der Waals surface area (Å²) in [5.74, 6) is -0.534. The fraction of sp³-hybridized carbons (Fsp3) is 0.271. The lowest BCUT2D eigenvalue weighted by molar-refractivity contribution is 0.546. The molecule has 5 aromatic carbocycles. The van der Waals surface area contributed by atoms with Crippen molar-refractivity contribution in [3.05, 3.63) is 126 Å². The van der Waals surface area contributed by atoms with Crippen LogP contribution >= 0.6 is 0 Å². The average Bonchev–Trinajstić information content (AvgIpc) is 3.71. The molecule has 0 saturated carbocycles. The highest BCUT2D eigenvalue weighted by molar-refractivity contribution is 6.88. The van der Waals surface area contributed by atoms with E-state index in [1.165, 1.54) is 5.19 Å². The maximum atomic E-state index is 9.60. The van der Waals surface area contributed by atoms with Crippen molar-refractivity contribution < 1.29 is 7.16 Å². The lowest BCUT2D eigenvalue weighted by atomic mass is 9.88. The van der Waals surface area contributed by atoms with Crippen LogP contribution in [0.2, 0.25) is 19.6 Å². The fourth-order valence-electron chi connectivity index (χ4n) is 7.41. The molecule has 0 N–H and O–H groups in total. The molecular formula is C48H50N4OSi. The third-order valence-electron chi connectivity index (χ3n) is 10.4. The summed E-state index contributed by atoms with van der Waals surface area (Å²) >= 11 is 0. The molecule has 0 bridgehead atoms. The number of imidazole rings is 1. The van der Waals surface area contributed by atoms with Gasteiger partial charge >= 0.3 is 0 Å². The van der Waals surface area contributed by atoms with Crippen LogP contribution in [0, 0.1) is 0 Å². The van der Waals surface area contributed by atoms with Gasteiger partial charge in [0.1, 0.15) is 22.8 Å². The molecule has 0 aliphatic carbocycles. The van der Waals surface area contributed by atoms with Gasteiger partial charge in [0.25, 0.3) is 0 Å². The fourth-order valence-corrected chi connectivity index (χ4v) is 8.58. The van der Waals surface area contributed by atoms with Crippen LogP contribution in [0.1, 0.15) is 79.9 Å². The number of para-hydroxylation sites is 3. The van der Waals surface area contributed by atoms with Crippen LogP contribution < -0.4 is 5.19 Å². The number of fused-ring (bicyclic) bond motifs is 4. The third kappa shape index (κ3) is 6.26. The third-order valence-corrected chi connectivity index (χ3v) is 12.5. The summed E-state index contributed by atoms with van der Waals surface area (Å²) in [5, 5.41) is 3.39. The first-order chi connectivity index (χ1) is 26.3. The standard InChI is InChI=1S/C48H50N4OSi/c1-29(2)38-26-33(31-18-21-34(22-19-31)54(8,9)10)27-39(30(3)4)44(38)52-42-17-12-11-16-41(42)50-46(52)37-15-13-14-36-35-23-20-32(28-43(35)53-45(36)37)40-24-25-49-47(51-40)48(5,6)7/h11-30H,1-10H3/i29D,30D. The second-order valence-electron chi connectivity index (χ2n) is 17.0. The van der Waals surface area contributed by atoms with Crippen molar-refractivity contribution >= 4 is 46.2 Å². The molecule has 0 atom stereocenters. The maximum absolute atomic E-state index is 9.60. The molecule has 0 saturated heterocycles. The Morgan fingerprint density at radius 3 is 2.06 bits per heavy atom. The van der Waals surface area contributed by atoms with E-state index in [0.29, 0.717) is 5.82 Å². The predicted octanol–water partition coefficient (Wildman–Crippen LogP) is 12.8. The van der Waals surface area contributed by atoms with E-state index in [1.54, 1.807) is 0 Å². The highest BCUT2D eigenvalue weighted by Crippen LogP contribution is 2.43. The smallest absolute Gasteiger partial charge is 0.149 e. The predicted molar refractivity (Wildman–Crippen MR) is 230 cm³/mol. The lowest BCUT2D eigenvalue weighted by Crippen LogP contribution is -2.37. The van der Waals surface area contributed by atoms with E-state index in [2.05, 4.69) is 129 Å². The van der Waals surface area contributed by atoms with Gasteiger partial charge in [0, 0.05) is 30.7 Å². The minimum atomic E-state index is -1.49. The van der Waals surface area contributed by atoms with Crippen LogP contribution in [0.4, 0.5) is 0 Å². The van der Waals surface area contributed by atoms with Crippen molar-refractivity contribution in [1.29, 1.82) is 0 Å². The molecule has 8 aromatic rings. The number of hydrogen-bond acceptors (Lipinski definition) is 4. The van der Waals surface area contributed by atoms with E-state index in [-0.39, 0.29) is 5.41 Å². The monoisotopic (exact) mass is 728 g/mol. The summed E-state index contributed by atoms with van der Waals surface area (Å²) in [5.41, 5.74) is 10.2. The number of hydrogen-bond donors (Lipinski definition) is 0. The van der Waals surface area contributed by atoms with Crippen LogP contribution in [0.3, 0.4) is 0 Å². The number of aromatic nitrogens is 4. The molecule has 5 nitrogen and oxygen atoms in total. The number of rotatable bonds is 7. The summed E-state index contributed by atoms with van der Waals surface area (Å²) in [6, 6.07) is 35.8. The van der Waals surface area contributed by atoms with Crippen LogP contribution in [0.5, 0.6) is 0 Å². The second-order valence-corrected chi connectivity index (χ2v) is 22.1. The molecule has 54 heavy (non-hydrogen) atoms. The molecular weight excluding hydrogens is 677 g/mol. The Bertz CT molecular complexity index is 2750. The molecule has 272 valence electrons. The second kappa shape index (κ2) is 13.2. The molecule has 8 rings (SSSR count). The van der Waals surface area contributed by atoms with E-state index >= 15 is 0 Å². The van der Waals surface area contributed by atoms with E-state index in [1.807, 2.05) is 58.2 Å². The van der Waals surface area contributed by atoms with Gasteiger partial charge in [0.2, 0.25) is 0 Å². The summed E-state index contributed by atoms with van der Waals surface area (Å²) in [6.45, 7) is 21.2. The van der Waals surface area contributed by atoms with E-state index in [9.17, 15) is 2.74 Å². The van der Waals surface area contributed by atoms with Gasteiger partial charge in [-0.05, 0) is 82.6 Å². The van der Waals surface area contributed by atoms with Crippen molar-refractivity contribution in [3.8, 4) is 39.5 Å². The molecule has 0 spiro atoms. The van der Waals surface area contributed by atoms with E-state index in [4.69, 9.17) is 14.4 Å². The van der Waals surface area contributed by atoms with Gasteiger partial charge in [0.15, 0.2) is 0 Å². The Morgan fingerprint density at radius 2 is 1.39 bits per heavy atom. The topological polar surface area (TPSA) is 56.7 Å². The van der Waals surface area contributed by atoms with Gasteiger partial charge < -0.3 is 4.42 Å². The van der Waals surface area contributed by atoms with E-state index < -0.39 is 19.9 Å². The molecule has 6 heteroatoms. The minimum Gasteiger partial charge on any atom is -0.455 e. The Kier molecular flexibility index (Phi) is 8.13. The highest BCUT2D eigenvalue weighted by Gasteiger charge is 2.26. The summed E-state index contributed by atoms with van der Waals surface area (Å²) < 4.78 is 28.2. The number of benzene rings is 5. The van der Waals surface area contributed by atoms with Gasteiger partial charge in [-0.25, -0.2) is 15.0 Å². The summed E-state index contributed by atoms with van der Waals surface area (Å²) in [7, 11) is -1.49. The van der Waals surface area contributed by atoms with Gasteiger partial charge in [-0.1, -0.05) is 128 Å². The Labute approximate surface area is 323 Å². The normalized spacial score (nSPS) is 13.5. The van der Waals surface area contributed by atoms with Gasteiger partial charge in [-0.15, -0.1) is 0 Å². The van der Waals surface area contributed by atoms with Crippen molar-refractivity contribution in [3.63, 3.8) is 0 Å². The summed E-state index contributed by atoms with van der Waals surface area (Å²) in [4.78, 5) is 14.8. The largest absolute Gasteiger partial charge is 0.455 e. The molecule has 3 heterocycles. The molecule has 0 aliphatic heterocycles. The average molecular weight is 729 g/mol. The Balaban J connectivity index is 1.38. The molecule has 0 unspecified atom stereocenters. The first-order valence-electron chi connectivity index (χ1n) is 19.9. The Hall–Kier alpha value is -5.33. The van der Waals surface area contributed by atoms with Gasteiger partial charge in [0.05, 0.1) is 36.1 Å². The zero-order valence-corrected chi connectivity index (χ0v) is 34.1. The first kappa shape index (κ1) is 33.3. The lowest BCUT2D eigenvalue weighted by Gasteiger charge is -2.24. The molecule has 0 radical (unpaired) electrons. The molecule has 3 aromatic heterocycles. The van der Waals surface area contributed by atoms with Gasteiger partial charge in [-0.2, -0.15) is 0 Å². The molecule has 0 aliphatic rings. The maximum Gasteiger partial charge on any atom is 0.149 e. The zero-order valence-electron chi connectivity index (χ0n) is 35.1. The first-order valence-corrected chi connectivity index (χ1v) is 22.4. The van der Waals surface area contributed by atoms with Crippen LogP contribution in [0.25, 0.3) is 72.4 Å². The summed E-state index contributed by atoms with van der Waals surface area (Å²) in [6.07, 6.45) is 1.82. The zero-order chi connectivity index (χ0) is 39.9. The Morgan fingerprint density at radius 1 is 0.704 bits per heavy atom. The number of nitrogens with zero attached hydrogens (tertiary/aromatic N) is 4. The minimum absolute atomic E-state index is 0.177. The van der Waals surface area contributed by atoms with Crippen molar-refractivity contribution in [1.82, 2.24) is 19.5 Å². The molecule has 0 amide bonds. The van der Waals surface area contributed by atoms with Crippen LogP contribution in [0.15, 0.2) is 114 Å². The quantitative estimate of drug-likeness (QED) is 0.153. The van der Waals surface area contributed by atoms with E-state index in [0.717, 1.165) is 83.6 Å². The SMILES string of the molecule is [2H]C(C)(C)c1cc(-c2ccc([Si](C)(C)C)cc2)cc(C([2H])(C)C)c1-n1c(-c2cccc3c2oc2cc(-c4ccnc(C(C)(C)C)n4)ccc23)nc2ccccc21. The van der Waals surface area contributed by atoms with Crippen molar-refractivity contribution in [2.75, 3.05) is 0 Å². The van der Waals surface area contributed by atoms with Gasteiger partial charge in [-0.3, -0.25) is 4.57 Å². The van der Waals surface area contributed by atoms with Crippen molar-refractivity contribution in [2.45, 2.75) is 85.3 Å². The highest BCUT2D eigenvalue weighted by atomic mass is 28.3.